The molecule has 3 aromatic heterocycles. The Hall–Kier alpha value is -6.71. The first kappa shape index (κ1) is 59.9. The van der Waals surface area contributed by atoms with Crippen molar-refractivity contribution >= 4 is 66.2 Å². The summed E-state index contributed by atoms with van der Waals surface area (Å²) in [5.74, 6) is 4.90. The van der Waals surface area contributed by atoms with Crippen molar-refractivity contribution in [3.05, 3.63) is 125 Å². The van der Waals surface area contributed by atoms with Gasteiger partial charge in [0.05, 0.1) is 88.8 Å². The molecule has 1 amide bonds. The van der Waals surface area contributed by atoms with Crippen LogP contribution in [-0.2, 0) is 52.6 Å². The van der Waals surface area contributed by atoms with E-state index in [1.54, 1.807) is 14.2 Å². The predicted molar refractivity (Wildman–Crippen MR) is 311 cm³/mol. The summed E-state index contributed by atoms with van der Waals surface area (Å²) < 4.78 is 50.8. The van der Waals surface area contributed by atoms with E-state index in [4.69, 9.17) is 62.6 Å². The average molecular weight is 1140 g/mol. The van der Waals surface area contributed by atoms with Gasteiger partial charge in [0.1, 0.15) is 38.4 Å². The molecule has 2 aliphatic rings. The van der Waals surface area contributed by atoms with Crippen molar-refractivity contribution in [1.29, 1.82) is 0 Å². The molecule has 8 bridgehead atoms. The van der Waals surface area contributed by atoms with Crippen LogP contribution in [0.15, 0.2) is 97.1 Å². The van der Waals surface area contributed by atoms with Crippen LogP contribution in [0.4, 0.5) is 10.5 Å². The number of carbonyl (C=O) groups is 1. The van der Waals surface area contributed by atoms with E-state index in [1.807, 2.05) is 142 Å². The molecule has 1 N–H and O–H groups in total. The number of aromatic nitrogens is 4. The first-order chi connectivity index (χ1) is 37.7. The molecule has 0 saturated heterocycles. The number of nitrogens with one attached hydrogen (secondary N) is 1. The Morgan fingerprint density at radius 1 is 0.532 bits per heavy atom. The van der Waals surface area contributed by atoms with Gasteiger partial charge in [0.2, 0.25) is 0 Å². The number of carbonyl (C=O) groups excluding carboxylic acids is 1. The second-order valence-corrected chi connectivity index (χ2v) is 25.0. The van der Waals surface area contributed by atoms with E-state index in [1.165, 1.54) is 0 Å². The molecule has 79 heavy (non-hydrogen) atoms. The van der Waals surface area contributed by atoms with Gasteiger partial charge >= 0.3 is 25.6 Å². The first-order valence-electron chi connectivity index (χ1n) is 26.2. The van der Waals surface area contributed by atoms with Crippen LogP contribution in [-0.4, -0.2) is 123 Å². The van der Waals surface area contributed by atoms with E-state index in [0.717, 1.165) is 38.9 Å². The third-order valence-electron chi connectivity index (χ3n) is 11.8. The predicted octanol–water partition coefficient (Wildman–Crippen LogP) is 11.6. The van der Waals surface area contributed by atoms with Gasteiger partial charge < -0.3 is 52.6 Å². The van der Waals surface area contributed by atoms with Gasteiger partial charge in [0.25, 0.3) is 0 Å². The van der Waals surface area contributed by atoms with Crippen LogP contribution in [0.2, 0.25) is 19.6 Å². The second-order valence-electron chi connectivity index (χ2n) is 20.3. The molecule has 0 saturated carbocycles. The largest absolute Gasteiger partial charge is 2.00 e. The summed E-state index contributed by atoms with van der Waals surface area (Å²) in [4.78, 5) is 34.4. The normalized spacial score (nSPS) is 11.9. The molecule has 2 aliphatic heterocycles. The minimum Gasteiger partial charge on any atom is -0.657 e. The third kappa shape index (κ3) is 17.4. The number of rotatable bonds is 24. The molecule has 17 heteroatoms. The fraction of sp³-hybridized carbons (Fsp3) is 0.339. The van der Waals surface area contributed by atoms with Gasteiger partial charge in [0, 0.05) is 25.5 Å². The molecule has 0 aliphatic carbocycles. The Balaban J connectivity index is 0.00000903. The molecular formula is C62H69N5O10SiZn. The minimum atomic E-state index is -1.89. The van der Waals surface area contributed by atoms with E-state index < -0.39 is 19.8 Å². The van der Waals surface area contributed by atoms with E-state index in [-0.39, 0.29) is 19.5 Å². The van der Waals surface area contributed by atoms with Crippen molar-refractivity contribution in [2.75, 3.05) is 98.8 Å². The number of amides is 1. The zero-order valence-corrected chi connectivity index (χ0v) is 50.6. The summed E-state index contributed by atoms with van der Waals surface area (Å²) in [7, 11) is 1.40. The third-order valence-corrected chi connectivity index (χ3v) is 12.7. The molecule has 8 rings (SSSR count). The number of hydrogen-bond donors (Lipinski definition) is 1. The summed E-state index contributed by atoms with van der Waals surface area (Å²) in [5, 5.41) is 2.86. The van der Waals surface area contributed by atoms with Crippen molar-refractivity contribution in [3.63, 3.8) is 0 Å². The summed E-state index contributed by atoms with van der Waals surface area (Å²) in [6.45, 7) is 17.6. The molecule has 6 aromatic rings. The Bertz CT molecular complexity index is 3250. The zero-order chi connectivity index (χ0) is 54.9. The maximum absolute atomic E-state index is 12.8. The van der Waals surface area contributed by atoms with Crippen LogP contribution in [0.25, 0.3) is 79.8 Å². The molecule has 408 valence electrons. The fourth-order valence-corrected chi connectivity index (χ4v) is 8.84. The van der Waals surface area contributed by atoms with Gasteiger partial charge in [-0.15, -0.1) is 27.6 Å². The van der Waals surface area contributed by atoms with Crippen molar-refractivity contribution < 1.29 is 66.9 Å². The summed E-state index contributed by atoms with van der Waals surface area (Å²) >= 11 is 0. The number of nitrogens with zero attached hydrogens (tertiary/aromatic N) is 4. The molecular weight excluding hydrogens is 1070 g/mol. The number of fused-ring (bicyclic) bond motifs is 8. The molecule has 0 fully saturated rings. The summed E-state index contributed by atoms with van der Waals surface area (Å²) in [6.07, 6.45) is 7.50. The fourth-order valence-electron chi connectivity index (χ4n) is 8.34. The SMILES string of the molecule is COCCOCCOCCOc1cccc(-c2c3nc(c(-c4ccc(NC(=O)OC(C)(C)C)cc4)c4ccc([n-]4)c(-c4cccc(OCCOCCOCCOC)c4)c4nc(c(C#C[Si](C)(C)C)c5ccc2[n-]5)C=C4)C=C3)c1.[Zn+2]. The monoisotopic (exact) mass is 1140 g/mol. The Kier molecular flexibility index (Phi) is 22.0. The van der Waals surface area contributed by atoms with Crippen molar-refractivity contribution in [2.24, 2.45) is 0 Å². The number of hydrogen-bond acceptors (Lipinski definition) is 12. The Morgan fingerprint density at radius 2 is 0.949 bits per heavy atom. The van der Waals surface area contributed by atoms with Gasteiger partial charge in [-0.3, -0.25) is 5.32 Å². The minimum absolute atomic E-state index is 0. The number of anilines is 1. The molecule has 0 radical (unpaired) electrons. The topological polar surface area (TPSA) is 166 Å². The van der Waals surface area contributed by atoms with Gasteiger partial charge in [-0.25, -0.2) is 14.8 Å². The van der Waals surface area contributed by atoms with Gasteiger partial charge in [0.15, 0.2) is 0 Å². The maximum atomic E-state index is 12.8. The van der Waals surface area contributed by atoms with Crippen LogP contribution >= 0.6 is 0 Å². The number of methoxy groups -OCH3 is 2. The molecule has 0 spiro atoms. The van der Waals surface area contributed by atoms with E-state index in [0.29, 0.717) is 141 Å². The summed E-state index contributed by atoms with van der Waals surface area (Å²) in [5.41, 5.74) is 14.6. The smallest absolute Gasteiger partial charge is 0.657 e. The van der Waals surface area contributed by atoms with Gasteiger partial charge in [-0.2, -0.15) is 0 Å². The summed E-state index contributed by atoms with van der Waals surface area (Å²) in [6, 6.07) is 31.5. The first-order valence-corrected chi connectivity index (χ1v) is 29.7. The molecule has 0 unspecified atom stereocenters. The van der Waals surface area contributed by atoms with Crippen LogP contribution in [0.3, 0.4) is 0 Å². The quantitative estimate of drug-likeness (QED) is 0.0345. The van der Waals surface area contributed by atoms with E-state index in [9.17, 15) is 4.79 Å². The van der Waals surface area contributed by atoms with Crippen LogP contribution in [0.5, 0.6) is 11.5 Å². The van der Waals surface area contributed by atoms with Crippen LogP contribution in [0.1, 0.15) is 49.1 Å². The van der Waals surface area contributed by atoms with Crippen molar-refractivity contribution in [2.45, 2.75) is 46.0 Å². The standard InChI is InChI=1S/C62H70N5O10Si.Zn/c1-62(2,3)77-61(68)63-46-17-15-43(16-18-46)58-52-23-25-56(66-52)59(44-11-9-13-47(41-44)75-38-36-73-34-32-71-30-28-69-4)54-21-19-50(64-54)49(27-40-78(6,7)8)51-20-22-55(65-51)60(57-26-24-53(58)67-57)45-12-10-14-48(42-45)76-39-37-74-35-33-72-31-29-70-5;/h9-26,41-42H,28-39H2,1-8H3,(H2-,63,64,65,66,67,68);/q-1;+2/p-1. The maximum Gasteiger partial charge on any atom is 2.00 e. The Morgan fingerprint density at radius 3 is 1.42 bits per heavy atom. The molecule has 3 aromatic carbocycles. The van der Waals surface area contributed by atoms with Gasteiger partial charge in [-0.05, 0) is 115 Å². The van der Waals surface area contributed by atoms with Crippen molar-refractivity contribution in [1.82, 2.24) is 19.9 Å². The van der Waals surface area contributed by atoms with E-state index in [2.05, 4.69) is 36.4 Å². The number of benzene rings is 3. The average Bonchev–Trinajstić information content (AvgIpc) is 4.34. The Labute approximate surface area is 477 Å². The second kappa shape index (κ2) is 29.0. The van der Waals surface area contributed by atoms with Crippen LogP contribution < -0.4 is 24.8 Å². The molecule has 5 heterocycles. The van der Waals surface area contributed by atoms with Crippen molar-refractivity contribution in [3.8, 4) is 56.3 Å². The number of ether oxygens (including phenoxy) is 9. The zero-order valence-electron chi connectivity index (χ0n) is 46.6. The van der Waals surface area contributed by atoms with Crippen LogP contribution in [0, 0.1) is 11.5 Å². The molecule has 15 nitrogen and oxygen atoms in total. The van der Waals surface area contributed by atoms with Gasteiger partial charge in [-0.1, -0.05) is 86.2 Å². The van der Waals surface area contributed by atoms with E-state index >= 15 is 0 Å². The molecule has 0 atom stereocenters.